The minimum absolute atomic E-state index is 0.00345. The van der Waals surface area contributed by atoms with Gasteiger partial charge < -0.3 is 10.1 Å². The highest BCUT2D eigenvalue weighted by atomic mass is 19.1. The van der Waals surface area contributed by atoms with Crippen molar-refractivity contribution in [3.05, 3.63) is 47.5 Å². The Morgan fingerprint density at radius 1 is 1.18 bits per heavy atom. The Morgan fingerprint density at radius 2 is 1.94 bits per heavy atom. The van der Waals surface area contributed by atoms with E-state index in [4.69, 9.17) is 4.74 Å². The molecule has 1 amide bonds. The van der Waals surface area contributed by atoms with Crippen LogP contribution in [0.2, 0.25) is 0 Å². The molecule has 1 saturated heterocycles. The van der Waals surface area contributed by atoms with E-state index in [9.17, 15) is 14.0 Å². The van der Waals surface area contributed by atoms with Crippen LogP contribution in [0, 0.1) is 11.7 Å². The van der Waals surface area contributed by atoms with Gasteiger partial charge in [-0.15, -0.1) is 5.10 Å². The molecular formula is C24H32FN5O3. The Labute approximate surface area is 193 Å². The first kappa shape index (κ1) is 23.4. The largest absolute Gasteiger partial charge is 0.464 e. The van der Waals surface area contributed by atoms with Crippen LogP contribution in [0.3, 0.4) is 0 Å². The van der Waals surface area contributed by atoms with Crippen molar-refractivity contribution in [2.45, 2.75) is 57.0 Å². The molecule has 1 aliphatic heterocycles. The molecule has 0 bridgehead atoms. The van der Waals surface area contributed by atoms with E-state index in [1.165, 1.54) is 51.3 Å². The van der Waals surface area contributed by atoms with Crippen LogP contribution >= 0.6 is 0 Å². The van der Waals surface area contributed by atoms with Crippen molar-refractivity contribution < 1.29 is 18.7 Å². The van der Waals surface area contributed by atoms with Crippen molar-refractivity contribution in [3.63, 3.8) is 0 Å². The first-order chi connectivity index (χ1) is 16.0. The van der Waals surface area contributed by atoms with Crippen LogP contribution in [0.1, 0.15) is 60.6 Å². The van der Waals surface area contributed by atoms with E-state index in [2.05, 4.69) is 20.5 Å². The molecule has 33 heavy (non-hydrogen) atoms. The molecule has 1 aliphatic carbocycles. The summed E-state index contributed by atoms with van der Waals surface area (Å²) in [7, 11) is 1.31. The number of halogens is 1. The molecule has 1 N–H and O–H groups in total. The summed E-state index contributed by atoms with van der Waals surface area (Å²) in [5.74, 6) is -0.174. The van der Waals surface area contributed by atoms with E-state index in [1.54, 1.807) is 23.0 Å². The van der Waals surface area contributed by atoms with Gasteiger partial charge in [0.15, 0.2) is 5.69 Å². The number of rotatable bonds is 8. The van der Waals surface area contributed by atoms with Crippen LogP contribution in [0.5, 0.6) is 0 Å². The molecule has 2 atom stereocenters. The van der Waals surface area contributed by atoms with E-state index >= 15 is 0 Å². The molecular weight excluding hydrogens is 425 g/mol. The lowest BCUT2D eigenvalue weighted by atomic mass is 9.89. The predicted octanol–water partition coefficient (Wildman–Crippen LogP) is 2.76. The van der Waals surface area contributed by atoms with Gasteiger partial charge in [0.05, 0.1) is 25.4 Å². The Balaban J connectivity index is 1.40. The summed E-state index contributed by atoms with van der Waals surface area (Å²) in [6.45, 7) is 2.08. The van der Waals surface area contributed by atoms with Crippen molar-refractivity contribution in [1.29, 1.82) is 0 Å². The van der Waals surface area contributed by atoms with E-state index < -0.39 is 5.97 Å². The van der Waals surface area contributed by atoms with E-state index in [-0.39, 0.29) is 29.5 Å². The maximum atomic E-state index is 13.1. The molecule has 2 heterocycles. The molecule has 1 aromatic heterocycles. The zero-order valence-electron chi connectivity index (χ0n) is 19.1. The third-order valence-corrected chi connectivity index (χ3v) is 6.81. The molecule has 9 heteroatoms. The fourth-order valence-corrected chi connectivity index (χ4v) is 5.00. The molecule has 2 aliphatic rings. The topological polar surface area (TPSA) is 89.4 Å². The van der Waals surface area contributed by atoms with E-state index in [0.717, 1.165) is 12.1 Å². The molecule has 178 valence electrons. The molecule has 4 rings (SSSR count). The number of esters is 1. The Bertz CT molecular complexity index is 942. The molecule has 0 unspecified atom stereocenters. The number of hydrogen-bond acceptors (Lipinski definition) is 6. The lowest BCUT2D eigenvalue weighted by Crippen LogP contribution is -2.45. The number of hydrogen-bond donors (Lipinski definition) is 1. The van der Waals surface area contributed by atoms with Crippen LogP contribution in [0.15, 0.2) is 30.5 Å². The minimum atomic E-state index is -0.520. The first-order valence-corrected chi connectivity index (χ1v) is 11.8. The van der Waals surface area contributed by atoms with E-state index in [1.807, 2.05) is 0 Å². The lowest BCUT2D eigenvalue weighted by molar-refractivity contribution is -0.125. The van der Waals surface area contributed by atoms with Crippen LogP contribution in [-0.4, -0.2) is 64.6 Å². The highest BCUT2D eigenvalue weighted by molar-refractivity contribution is 5.86. The van der Waals surface area contributed by atoms with Gasteiger partial charge in [-0.25, -0.2) is 13.9 Å². The molecule has 1 saturated carbocycles. The molecule has 1 aromatic carbocycles. The van der Waals surface area contributed by atoms with Crippen molar-refractivity contribution >= 4 is 11.9 Å². The number of aromatic nitrogens is 3. The first-order valence-electron chi connectivity index (χ1n) is 11.8. The molecule has 0 radical (unpaired) electrons. The van der Waals surface area contributed by atoms with Gasteiger partial charge in [0, 0.05) is 19.6 Å². The monoisotopic (exact) mass is 457 g/mol. The maximum absolute atomic E-state index is 13.1. The number of likely N-dealkylation sites (tertiary alicyclic amines) is 1. The average Bonchev–Trinajstić information content (AvgIpc) is 3.48. The van der Waals surface area contributed by atoms with Gasteiger partial charge in [-0.2, -0.15) is 0 Å². The second-order valence-electron chi connectivity index (χ2n) is 9.11. The van der Waals surface area contributed by atoms with Crippen LogP contribution in [0.25, 0.3) is 0 Å². The van der Waals surface area contributed by atoms with Gasteiger partial charge in [0.25, 0.3) is 0 Å². The third kappa shape index (κ3) is 5.96. The summed E-state index contributed by atoms with van der Waals surface area (Å²) in [6.07, 6.45) is 9.07. The fourth-order valence-electron chi connectivity index (χ4n) is 5.00. The lowest BCUT2D eigenvalue weighted by Gasteiger charge is -2.30. The Morgan fingerprint density at radius 3 is 2.67 bits per heavy atom. The van der Waals surface area contributed by atoms with Gasteiger partial charge in [-0.1, -0.05) is 36.6 Å². The third-order valence-electron chi connectivity index (χ3n) is 6.81. The second-order valence-corrected chi connectivity index (χ2v) is 9.11. The van der Waals surface area contributed by atoms with Gasteiger partial charge >= 0.3 is 5.97 Å². The number of carbonyl (C=O) groups is 2. The SMILES string of the molecule is COC(=O)c1cn([C@H]2C[C@@H](C(=O)NCCc3ccc(F)cc3)N(CC3CCCCC3)C2)nn1. The van der Waals surface area contributed by atoms with Crippen LogP contribution in [0.4, 0.5) is 4.39 Å². The second kappa shape index (κ2) is 10.9. The number of nitrogens with zero attached hydrogens (tertiary/aromatic N) is 4. The summed E-state index contributed by atoms with van der Waals surface area (Å²) >= 11 is 0. The summed E-state index contributed by atoms with van der Waals surface area (Å²) in [5.41, 5.74) is 1.15. The smallest absolute Gasteiger partial charge is 0.360 e. The minimum Gasteiger partial charge on any atom is -0.464 e. The highest BCUT2D eigenvalue weighted by Crippen LogP contribution is 2.31. The van der Waals surface area contributed by atoms with E-state index in [0.29, 0.717) is 31.8 Å². The van der Waals surface area contributed by atoms with Crippen molar-refractivity contribution in [2.24, 2.45) is 5.92 Å². The number of carbonyl (C=O) groups excluding carboxylic acids is 2. The van der Waals surface area contributed by atoms with Gasteiger partial charge in [-0.3, -0.25) is 9.69 Å². The normalized spacial score (nSPS) is 21.8. The van der Waals surface area contributed by atoms with Crippen molar-refractivity contribution in [2.75, 3.05) is 26.7 Å². The number of methoxy groups -OCH3 is 1. The fraction of sp³-hybridized carbons (Fsp3) is 0.583. The average molecular weight is 458 g/mol. The molecule has 2 fully saturated rings. The number of ether oxygens (including phenoxy) is 1. The quantitative estimate of drug-likeness (QED) is 0.613. The zero-order chi connectivity index (χ0) is 23.2. The van der Waals surface area contributed by atoms with Gasteiger partial charge in [0.2, 0.25) is 5.91 Å². The van der Waals surface area contributed by atoms with Crippen molar-refractivity contribution in [3.8, 4) is 0 Å². The predicted molar refractivity (Wildman–Crippen MR) is 120 cm³/mol. The standard InChI is InChI=1S/C24H32FN5O3/c1-33-24(32)21-16-30(28-27-21)20-13-22(29(15-20)14-18-5-3-2-4-6-18)23(31)26-12-11-17-7-9-19(25)10-8-17/h7-10,16,18,20,22H,2-6,11-15H2,1H3,(H,26,31)/t20-,22-/m0/s1. The van der Waals surface area contributed by atoms with Crippen LogP contribution < -0.4 is 5.32 Å². The van der Waals surface area contributed by atoms with Gasteiger partial charge in [-0.05, 0) is 49.3 Å². The summed E-state index contributed by atoms with van der Waals surface area (Å²) in [5, 5.41) is 11.1. The Hall–Kier alpha value is -2.81. The number of benzene rings is 1. The zero-order valence-corrected chi connectivity index (χ0v) is 19.1. The van der Waals surface area contributed by atoms with Gasteiger partial charge in [0.1, 0.15) is 5.82 Å². The van der Waals surface area contributed by atoms with Crippen LogP contribution in [-0.2, 0) is 16.0 Å². The Kier molecular flexibility index (Phi) is 7.69. The maximum Gasteiger partial charge on any atom is 0.360 e. The number of amides is 1. The molecule has 0 spiro atoms. The highest BCUT2D eigenvalue weighted by Gasteiger charge is 2.39. The number of nitrogens with one attached hydrogen (secondary N) is 1. The summed E-state index contributed by atoms with van der Waals surface area (Å²) in [4.78, 5) is 27.2. The molecule has 8 nitrogen and oxygen atoms in total. The summed E-state index contributed by atoms with van der Waals surface area (Å²) in [6, 6.07) is 6.07. The summed E-state index contributed by atoms with van der Waals surface area (Å²) < 4.78 is 19.5. The van der Waals surface area contributed by atoms with Crippen molar-refractivity contribution in [1.82, 2.24) is 25.2 Å². The molecule has 2 aromatic rings.